The summed E-state index contributed by atoms with van der Waals surface area (Å²) in [6.45, 7) is 0.309. The molecule has 0 aromatic heterocycles. The molecule has 1 aromatic carbocycles. The van der Waals surface area contributed by atoms with Crippen molar-refractivity contribution in [3.63, 3.8) is 0 Å². The highest BCUT2D eigenvalue weighted by molar-refractivity contribution is 7.89. The van der Waals surface area contributed by atoms with Gasteiger partial charge in [-0.1, -0.05) is 12.1 Å². The second kappa shape index (κ2) is 5.34. The summed E-state index contributed by atoms with van der Waals surface area (Å²) in [4.78, 5) is -0.701. The van der Waals surface area contributed by atoms with Gasteiger partial charge >= 0.3 is 6.18 Å². The van der Waals surface area contributed by atoms with Crippen molar-refractivity contribution < 1.29 is 21.6 Å². The van der Waals surface area contributed by atoms with Crippen molar-refractivity contribution in [2.24, 2.45) is 5.73 Å². The zero-order chi connectivity index (χ0) is 15.0. The van der Waals surface area contributed by atoms with Gasteiger partial charge in [-0.15, -0.1) is 0 Å². The molecule has 1 heterocycles. The molecule has 0 radical (unpaired) electrons. The van der Waals surface area contributed by atoms with Crippen molar-refractivity contribution in [3.05, 3.63) is 29.8 Å². The Kier molecular flexibility index (Phi) is 4.08. The average Bonchev–Trinajstić information content (AvgIpc) is 2.86. The maximum Gasteiger partial charge on any atom is 0.417 e. The van der Waals surface area contributed by atoms with Gasteiger partial charge in [-0.25, -0.2) is 8.42 Å². The van der Waals surface area contributed by atoms with Crippen molar-refractivity contribution in [3.8, 4) is 0 Å². The van der Waals surface area contributed by atoms with Gasteiger partial charge in [0.15, 0.2) is 0 Å². The second-order valence-electron chi connectivity index (χ2n) is 4.64. The standard InChI is InChI=1S/C12H15F3N2O2S/c13-12(14,15)10-5-1-2-6-11(10)20(18,19)17-7-3-4-9(17)8-16/h1-2,5-6,9H,3-4,7-8,16H2/t9-/m1/s1. The van der Waals surface area contributed by atoms with Crippen LogP contribution in [0, 0.1) is 0 Å². The van der Waals surface area contributed by atoms with E-state index in [-0.39, 0.29) is 13.1 Å². The third-order valence-electron chi connectivity index (χ3n) is 3.37. The quantitative estimate of drug-likeness (QED) is 0.926. The van der Waals surface area contributed by atoms with E-state index >= 15 is 0 Å². The maximum absolute atomic E-state index is 12.9. The Balaban J connectivity index is 2.50. The minimum Gasteiger partial charge on any atom is -0.329 e. The lowest BCUT2D eigenvalue weighted by Gasteiger charge is -2.24. The van der Waals surface area contributed by atoms with Gasteiger partial charge < -0.3 is 5.73 Å². The van der Waals surface area contributed by atoms with Crippen LogP contribution < -0.4 is 5.73 Å². The first kappa shape index (κ1) is 15.3. The monoisotopic (exact) mass is 308 g/mol. The van der Waals surface area contributed by atoms with Crippen LogP contribution in [0.1, 0.15) is 18.4 Å². The van der Waals surface area contributed by atoms with E-state index in [0.717, 1.165) is 16.4 Å². The van der Waals surface area contributed by atoms with Gasteiger partial charge in [0.05, 0.1) is 10.5 Å². The van der Waals surface area contributed by atoms with Crippen molar-refractivity contribution in [2.75, 3.05) is 13.1 Å². The number of sulfonamides is 1. The Morgan fingerprint density at radius 2 is 1.95 bits per heavy atom. The van der Waals surface area contributed by atoms with Gasteiger partial charge in [-0.3, -0.25) is 0 Å². The minimum absolute atomic E-state index is 0.105. The summed E-state index contributed by atoms with van der Waals surface area (Å²) in [5, 5.41) is 0. The highest BCUT2D eigenvalue weighted by Crippen LogP contribution is 2.36. The van der Waals surface area contributed by atoms with Gasteiger partial charge in [-0.05, 0) is 25.0 Å². The van der Waals surface area contributed by atoms with E-state index in [4.69, 9.17) is 5.73 Å². The van der Waals surface area contributed by atoms with E-state index in [2.05, 4.69) is 0 Å². The fraction of sp³-hybridized carbons (Fsp3) is 0.500. The molecule has 1 fully saturated rings. The lowest BCUT2D eigenvalue weighted by molar-refractivity contribution is -0.139. The molecule has 2 N–H and O–H groups in total. The molecular formula is C12H15F3N2O2S. The Bertz CT molecular complexity index is 587. The van der Waals surface area contributed by atoms with Crippen LogP contribution in [0.3, 0.4) is 0 Å². The van der Waals surface area contributed by atoms with Crippen molar-refractivity contribution in [1.82, 2.24) is 4.31 Å². The Morgan fingerprint density at radius 1 is 1.30 bits per heavy atom. The van der Waals surface area contributed by atoms with Crippen LogP contribution in [0.5, 0.6) is 0 Å². The first-order valence-electron chi connectivity index (χ1n) is 6.16. The fourth-order valence-corrected chi connectivity index (χ4v) is 4.33. The number of nitrogens with two attached hydrogens (primary N) is 1. The Morgan fingerprint density at radius 3 is 2.55 bits per heavy atom. The van der Waals surface area contributed by atoms with E-state index in [9.17, 15) is 21.6 Å². The predicted molar refractivity (Wildman–Crippen MR) is 67.4 cm³/mol. The van der Waals surface area contributed by atoms with Crippen molar-refractivity contribution in [1.29, 1.82) is 0 Å². The second-order valence-corrected chi connectivity index (χ2v) is 6.50. The Labute approximate surface area is 115 Å². The zero-order valence-corrected chi connectivity index (χ0v) is 11.4. The first-order valence-corrected chi connectivity index (χ1v) is 7.60. The third-order valence-corrected chi connectivity index (χ3v) is 5.38. The van der Waals surface area contributed by atoms with E-state index in [0.29, 0.717) is 12.8 Å². The molecule has 2 rings (SSSR count). The highest BCUT2D eigenvalue weighted by atomic mass is 32.2. The molecule has 1 atom stereocenters. The number of alkyl halides is 3. The van der Waals surface area contributed by atoms with Gasteiger partial charge in [0.25, 0.3) is 0 Å². The average molecular weight is 308 g/mol. The molecule has 112 valence electrons. The zero-order valence-electron chi connectivity index (χ0n) is 10.6. The van der Waals surface area contributed by atoms with E-state index in [1.807, 2.05) is 0 Å². The molecule has 1 aliphatic rings. The van der Waals surface area contributed by atoms with E-state index < -0.39 is 32.7 Å². The van der Waals surface area contributed by atoms with Crippen LogP contribution in [0.2, 0.25) is 0 Å². The molecule has 1 aliphatic heterocycles. The van der Waals surface area contributed by atoms with Crippen molar-refractivity contribution >= 4 is 10.0 Å². The predicted octanol–water partition coefficient (Wildman–Crippen LogP) is 1.82. The SMILES string of the molecule is NC[C@H]1CCCN1S(=O)(=O)c1ccccc1C(F)(F)F. The summed E-state index contributed by atoms with van der Waals surface area (Å²) in [6, 6.07) is 3.80. The summed E-state index contributed by atoms with van der Waals surface area (Å²) >= 11 is 0. The number of hydrogen-bond acceptors (Lipinski definition) is 3. The smallest absolute Gasteiger partial charge is 0.329 e. The van der Waals surface area contributed by atoms with Gasteiger partial charge in [0.2, 0.25) is 10.0 Å². The summed E-state index contributed by atoms with van der Waals surface area (Å²) in [7, 11) is -4.18. The number of benzene rings is 1. The number of rotatable bonds is 3. The van der Waals surface area contributed by atoms with Crippen molar-refractivity contribution in [2.45, 2.75) is 30.0 Å². The third kappa shape index (κ3) is 2.68. The molecule has 1 saturated heterocycles. The van der Waals surface area contributed by atoms with Crippen LogP contribution in [0.4, 0.5) is 13.2 Å². The fourth-order valence-electron chi connectivity index (χ4n) is 2.41. The topological polar surface area (TPSA) is 63.4 Å². The van der Waals surface area contributed by atoms with Gasteiger partial charge in [0.1, 0.15) is 0 Å². The summed E-state index contributed by atoms with van der Waals surface area (Å²) < 4.78 is 64.8. The lowest BCUT2D eigenvalue weighted by Crippen LogP contribution is -2.40. The molecule has 0 spiro atoms. The first-order chi connectivity index (χ1) is 9.28. The molecular weight excluding hydrogens is 293 g/mol. The molecule has 0 saturated carbocycles. The molecule has 0 unspecified atom stereocenters. The minimum atomic E-state index is -4.71. The van der Waals surface area contributed by atoms with Gasteiger partial charge in [-0.2, -0.15) is 17.5 Å². The van der Waals surface area contributed by atoms with E-state index in [1.54, 1.807) is 0 Å². The van der Waals surface area contributed by atoms with Crippen LogP contribution in [0.25, 0.3) is 0 Å². The highest BCUT2D eigenvalue weighted by Gasteiger charge is 2.41. The largest absolute Gasteiger partial charge is 0.417 e. The van der Waals surface area contributed by atoms with E-state index in [1.165, 1.54) is 12.1 Å². The van der Waals surface area contributed by atoms with Gasteiger partial charge in [0, 0.05) is 19.1 Å². The summed E-state index contributed by atoms with van der Waals surface area (Å²) in [6.07, 6.45) is -3.53. The normalized spacial score (nSPS) is 21.3. The molecule has 4 nitrogen and oxygen atoms in total. The van der Waals surface area contributed by atoms with Crippen LogP contribution in [-0.2, 0) is 16.2 Å². The number of halogens is 3. The lowest BCUT2D eigenvalue weighted by atomic mass is 10.2. The molecule has 0 aliphatic carbocycles. The number of hydrogen-bond donors (Lipinski definition) is 1. The van der Waals surface area contributed by atoms with Crippen LogP contribution in [-0.4, -0.2) is 31.9 Å². The molecule has 1 aromatic rings. The summed E-state index contributed by atoms with van der Waals surface area (Å²) in [5.41, 5.74) is 4.36. The molecule has 8 heteroatoms. The van der Waals surface area contributed by atoms with Crippen LogP contribution in [0.15, 0.2) is 29.2 Å². The Hall–Kier alpha value is -1.12. The number of nitrogens with zero attached hydrogens (tertiary/aromatic N) is 1. The van der Waals surface area contributed by atoms with Crippen LogP contribution >= 0.6 is 0 Å². The molecule has 0 amide bonds. The molecule has 0 bridgehead atoms. The maximum atomic E-state index is 12.9. The summed E-state index contributed by atoms with van der Waals surface area (Å²) in [5.74, 6) is 0. The molecule has 20 heavy (non-hydrogen) atoms.